The summed E-state index contributed by atoms with van der Waals surface area (Å²) < 4.78 is 25.8. The van der Waals surface area contributed by atoms with Gasteiger partial charge in [-0.3, -0.25) is 9.58 Å². The van der Waals surface area contributed by atoms with E-state index in [0.717, 1.165) is 12.1 Å². The maximum Gasteiger partial charge on any atom is 0.134 e. The van der Waals surface area contributed by atoms with Crippen LogP contribution in [0.3, 0.4) is 0 Å². The summed E-state index contributed by atoms with van der Waals surface area (Å²) in [5, 5.41) is 15.0. The summed E-state index contributed by atoms with van der Waals surface area (Å²) in [6.45, 7) is 2.70. The molecule has 1 aromatic heterocycles. The number of hydrogen-bond donors (Lipinski definition) is 1. The average molecular weight is 335 g/mol. The highest BCUT2D eigenvalue weighted by atomic mass is 19.1. The predicted octanol–water partition coefficient (Wildman–Crippen LogP) is 1.20. The first-order chi connectivity index (χ1) is 11.5. The van der Waals surface area contributed by atoms with Gasteiger partial charge in [0.2, 0.25) is 0 Å². The molecule has 130 valence electrons. The molecule has 0 aliphatic carbocycles. The number of aliphatic hydroxyl groups is 1. The molecule has 6 nitrogen and oxygen atoms in total. The first-order valence-corrected chi connectivity index (χ1v) is 7.91. The summed E-state index contributed by atoms with van der Waals surface area (Å²) in [5.41, 5.74) is -0.0335. The second-order valence-electron chi connectivity index (χ2n) is 6.25. The van der Waals surface area contributed by atoms with E-state index in [9.17, 15) is 9.50 Å². The molecule has 2 aromatic rings. The lowest BCUT2D eigenvalue weighted by atomic mass is 10.1. The SMILES string of the molecule is Cn1cc(CN2CCOCC(O)(COc3ccc(F)cc3)C2)cn1. The van der Waals surface area contributed by atoms with Gasteiger partial charge in [0.15, 0.2) is 0 Å². The maximum absolute atomic E-state index is 12.9. The van der Waals surface area contributed by atoms with Crippen molar-refractivity contribution in [2.45, 2.75) is 12.1 Å². The monoisotopic (exact) mass is 335 g/mol. The average Bonchev–Trinajstić information content (AvgIpc) is 2.86. The summed E-state index contributed by atoms with van der Waals surface area (Å²) in [6.07, 6.45) is 3.78. The van der Waals surface area contributed by atoms with Gasteiger partial charge < -0.3 is 14.6 Å². The van der Waals surface area contributed by atoms with Crippen molar-refractivity contribution in [2.24, 2.45) is 7.05 Å². The molecule has 1 atom stereocenters. The van der Waals surface area contributed by atoms with E-state index in [1.54, 1.807) is 16.8 Å². The molecule has 0 spiro atoms. The Morgan fingerprint density at radius 1 is 1.38 bits per heavy atom. The molecule has 1 N–H and O–H groups in total. The second-order valence-corrected chi connectivity index (χ2v) is 6.25. The Hall–Kier alpha value is -1.96. The summed E-state index contributed by atoms with van der Waals surface area (Å²) in [6, 6.07) is 5.75. The molecule has 1 aliphatic rings. The lowest BCUT2D eigenvalue weighted by molar-refractivity contribution is -0.0646. The predicted molar refractivity (Wildman–Crippen MR) is 86.1 cm³/mol. The van der Waals surface area contributed by atoms with Crippen molar-refractivity contribution in [3.8, 4) is 5.75 Å². The quantitative estimate of drug-likeness (QED) is 0.890. The standard InChI is InChI=1S/C17H22FN3O3/c1-20-9-14(8-19-20)10-21-6-7-23-12-17(22,11-21)13-24-16-4-2-15(18)3-5-16/h2-5,8-9,22H,6-7,10-13H2,1H3. The molecule has 1 fully saturated rings. The number of β-amino-alcohol motifs (C(OH)–C–C–N with tert-alkyl or cyclic N) is 1. The van der Waals surface area contributed by atoms with Gasteiger partial charge in [-0.15, -0.1) is 0 Å². The summed E-state index contributed by atoms with van der Waals surface area (Å²) in [5.74, 6) is 0.203. The summed E-state index contributed by atoms with van der Waals surface area (Å²) >= 11 is 0. The molecule has 0 bridgehead atoms. The Kier molecular flexibility index (Phi) is 5.13. The van der Waals surface area contributed by atoms with Crippen LogP contribution in [-0.4, -0.2) is 58.3 Å². The van der Waals surface area contributed by atoms with Gasteiger partial charge in [0, 0.05) is 38.4 Å². The minimum atomic E-state index is -1.12. The van der Waals surface area contributed by atoms with Crippen molar-refractivity contribution in [3.05, 3.63) is 48.0 Å². The van der Waals surface area contributed by atoms with E-state index in [4.69, 9.17) is 9.47 Å². The number of ether oxygens (including phenoxy) is 2. The van der Waals surface area contributed by atoms with Crippen LogP contribution >= 0.6 is 0 Å². The minimum Gasteiger partial charge on any atom is -0.490 e. The Labute approximate surface area is 140 Å². The van der Waals surface area contributed by atoms with Crippen LogP contribution in [0, 0.1) is 5.82 Å². The molecule has 7 heteroatoms. The van der Waals surface area contributed by atoms with E-state index < -0.39 is 5.60 Å². The maximum atomic E-state index is 12.9. The van der Waals surface area contributed by atoms with Crippen molar-refractivity contribution in [2.75, 3.05) is 32.9 Å². The molecular formula is C17H22FN3O3. The fourth-order valence-corrected chi connectivity index (χ4v) is 2.78. The van der Waals surface area contributed by atoms with Crippen LogP contribution in [0.1, 0.15) is 5.56 Å². The van der Waals surface area contributed by atoms with Crippen LogP contribution in [0.2, 0.25) is 0 Å². The van der Waals surface area contributed by atoms with Crippen LogP contribution in [-0.2, 0) is 18.3 Å². The van der Waals surface area contributed by atoms with Gasteiger partial charge in [-0.25, -0.2) is 4.39 Å². The van der Waals surface area contributed by atoms with Gasteiger partial charge in [-0.2, -0.15) is 5.10 Å². The van der Waals surface area contributed by atoms with Crippen molar-refractivity contribution in [3.63, 3.8) is 0 Å². The van der Waals surface area contributed by atoms with Crippen LogP contribution in [0.5, 0.6) is 5.75 Å². The molecule has 0 amide bonds. The highest BCUT2D eigenvalue weighted by Crippen LogP contribution is 2.18. The van der Waals surface area contributed by atoms with Gasteiger partial charge in [0.1, 0.15) is 23.8 Å². The molecule has 1 saturated heterocycles. The van der Waals surface area contributed by atoms with E-state index in [2.05, 4.69) is 10.00 Å². The molecule has 3 rings (SSSR count). The smallest absolute Gasteiger partial charge is 0.134 e. The minimum absolute atomic E-state index is 0.0855. The molecule has 1 aromatic carbocycles. The molecule has 2 heterocycles. The van der Waals surface area contributed by atoms with Crippen molar-refractivity contribution in [1.29, 1.82) is 0 Å². The van der Waals surface area contributed by atoms with Crippen LogP contribution in [0.25, 0.3) is 0 Å². The topological polar surface area (TPSA) is 59.8 Å². The van der Waals surface area contributed by atoms with Gasteiger partial charge in [-0.05, 0) is 24.3 Å². The lowest BCUT2D eigenvalue weighted by Gasteiger charge is -2.30. The van der Waals surface area contributed by atoms with E-state index in [-0.39, 0.29) is 19.0 Å². The van der Waals surface area contributed by atoms with E-state index >= 15 is 0 Å². The first kappa shape index (κ1) is 16.9. The van der Waals surface area contributed by atoms with E-state index in [1.165, 1.54) is 12.1 Å². The number of aromatic nitrogens is 2. The zero-order valence-electron chi connectivity index (χ0n) is 13.7. The van der Waals surface area contributed by atoms with Gasteiger partial charge >= 0.3 is 0 Å². The summed E-state index contributed by atoms with van der Waals surface area (Å²) in [7, 11) is 1.88. The summed E-state index contributed by atoms with van der Waals surface area (Å²) in [4.78, 5) is 2.12. The molecule has 24 heavy (non-hydrogen) atoms. The van der Waals surface area contributed by atoms with Crippen molar-refractivity contribution in [1.82, 2.24) is 14.7 Å². The molecule has 1 aliphatic heterocycles. The number of benzene rings is 1. The third-order valence-corrected chi connectivity index (χ3v) is 3.93. The fourth-order valence-electron chi connectivity index (χ4n) is 2.78. The second kappa shape index (κ2) is 7.29. The first-order valence-electron chi connectivity index (χ1n) is 7.91. The largest absolute Gasteiger partial charge is 0.490 e. The Morgan fingerprint density at radius 2 is 2.17 bits per heavy atom. The Balaban J connectivity index is 1.60. The van der Waals surface area contributed by atoms with Crippen LogP contribution in [0.15, 0.2) is 36.7 Å². The molecule has 0 radical (unpaired) electrons. The highest BCUT2D eigenvalue weighted by molar-refractivity contribution is 5.22. The fraction of sp³-hybridized carbons (Fsp3) is 0.471. The van der Waals surface area contributed by atoms with E-state index in [1.807, 2.05) is 19.4 Å². The Morgan fingerprint density at radius 3 is 2.88 bits per heavy atom. The van der Waals surface area contributed by atoms with Crippen molar-refractivity contribution >= 4 is 0 Å². The highest BCUT2D eigenvalue weighted by Gasteiger charge is 2.33. The van der Waals surface area contributed by atoms with Crippen LogP contribution < -0.4 is 4.74 Å². The van der Waals surface area contributed by atoms with Crippen molar-refractivity contribution < 1.29 is 19.0 Å². The molecular weight excluding hydrogens is 313 g/mol. The van der Waals surface area contributed by atoms with E-state index in [0.29, 0.717) is 25.4 Å². The lowest BCUT2D eigenvalue weighted by Crippen LogP contribution is -2.48. The molecule has 0 saturated carbocycles. The zero-order valence-corrected chi connectivity index (χ0v) is 13.7. The normalized spacial score (nSPS) is 22.3. The Bertz CT molecular complexity index is 661. The third-order valence-electron chi connectivity index (χ3n) is 3.93. The van der Waals surface area contributed by atoms with Gasteiger partial charge in [0.25, 0.3) is 0 Å². The zero-order chi connectivity index (χ0) is 17.0. The number of nitrogens with zero attached hydrogens (tertiary/aromatic N) is 3. The number of aryl methyl sites for hydroxylation is 1. The van der Waals surface area contributed by atoms with Crippen LogP contribution in [0.4, 0.5) is 4.39 Å². The molecule has 1 unspecified atom stereocenters. The number of hydrogen-bond acceptors (Lipinski definition) is 5. The third kappa shape index (κ3) is 4.53. The van der Waals surface area contributed by atoms with Gasteiger partial charge in [0.05, 0.1) is 19.4 Å². The number of halogens is 1. The number of rotatable bonds is 5. The van der Waals surface area contributed by atoms with Gasteiger partial charge in [-0.1, -0.05) is 0 Å².